The molecule has 1 saturated heterocycles. The quantitative estimate of drug-likeness (QED) is 0.572. The molecule has 2 unspecified atom stereocenters. The number of likely N-dealkylation sites (tertiary alicyclic amines) is 1. The molecule has 0 aromatic carbocycles. The van der Waals surface area contributed by atoms with Crippen LogP contribution in [0.15, 0.2) is 0 Å². The third-order valence-corrected chi connectivity index (χ3v) is 2.49. The lowest BCUT2D eigenvalue weighted by molar-refractivity contribution is -0.146. The molecule has 1 fully saturated rings. The lowest BCUT2D eigenvalue weighted by Gasteiger charge is -2.23. The van der Waals surface area contributed by atoms with Gasteiger partial charge in [-0.3, -0.25) is 9.69 Å². The second-order valence-electron chi connectivity index (χ2n) is 3.51. The fourth-order valence-corrected chi connectivity index (χ4v) is 1.78. The Labute approximate surface area is 83.3 Å². The second kappa shape index (κ2) is 5.29. The van der Waals surface area contributed by atoms with Crippen LogP contribution in [0.4, 0.5) is 0 Å². The molecular weight excluding hydrogens is 186 g/mol. The average Bonchev–Trinajstić information content (AvgIpc) is 2.64. The van der Waals surface area contributed by atoms with Crippen molar-refractivity contribution >= 4 is 5.97 Å². The van der Waals surface area contributed by atoms with E-state index in [2.05, 4.69) is 4.74 Å². The first-order valence-corrected chi connectivity index (χ1v) is 4.79. The Bertz CT molecular complexity index is 197. The van der Waals surface area contributed by atoms with Crippen LogP contribution < -0.4 is 0 Å². The molecule has 0 spiro atoms. The van der Waals surface area contributed by atoms with Crippen LogP contribution in [0.1, 0.15) is 12.8 Å². The van der Waals surface area contributed by atoms with E-state index >= 15 is 0 Å². The number of rotatable bonds is 4. The maximum atomic E-state index is 11.3. The van der Waals surface area contributed by atoms with E-state index in [0.29, 0.717) is 6.54 Å². The standard InChI is InChI=1S/C9H17NO4/c1-14-9(13)8-3-2-4-10(8)5-7(12)6-11/h7-8,11-12H,2-6H2,1H3. The Kier molecular flexibility index (Phi) is 4.31. The van der Waals surface area contributed by atoms with Gasteiger partial charge in [-0.25, -0.2) is 0 Å². The van der Waals surface area contributed by atoms with Crippen LogP contribution in [0.3, 0.4) is 0 Å². The van der Waals surface area contributed by atoms with Gasteiger partial charge >= 0.3 is 5.97 Å². The van der Waals surface area contributed by atoms with Gasteiger partial charge in [0.1, 0.15) is 6.04 Å². The molecule has 1 aliphatic rings. The molecule has 0 bridgehead atoms. The molecule has 0 saturated carbocycles. The van der Waals surface area contributed by atoms with Crippen molar-refractivity contribution < 1.29 is 19.7 Å². The van der Waals surface area contributed by atoms with E-state index in [1.54, 1.807) is 0 Å². The van der Waals surface area contributed by atoms with Gasteiger partial charge in [-0.05, 0) is 19.4 Å². The molecule has 0 amide bonds. The zero-order valence-corrected chi connectivity index (χ0v) is 8.35. The van der Waals surface area contributed by atoms with E-state index in [1.807, 2.05) is 4.90 Å². The van der Waals surface area contributed by atoms with E-state index in [4.69, 9.17) is 5.11 Å². The first-order chi connectivity index (χ1) is 6.69. The van der Waals surface area contributed by atoms with Gasteiger partial charge in [-0.15, -0.1) is 0 Å². The van der Waals surface area contributed by atoms with Crippen LogP contribution >= 0.6 is 0 Å². The summed E-state index contributed by atoms with van der Waals surface area (Å²) in [6.07, 6.45) is 0.920. The van der Waals surface area contributed by atoms with Gasteiger partial charge in [0.2, 0.25) is 0 Å². The number of nitrogens with zero attached hydrogens (tertiary/aromatic N) is 1. The zero-order chi connectivity index (χ0) is 10.6. The topological polar surface area (TPSA) is 70.0 Å². The largest absolute Gasteiger partial charge is 0.468 e. The van der Waals surface area contributed by atoms with Crippen molar-refractivity contribution in [2.45, 2.75) is 25.0 Å². The number of hydrogen-bond donors (Lipinski definition) is 2. The van der Waals surface area contributed by atoms with Gasteiger partial charge < -0.3 is 14.9 Å². The smallest absolute Gasteiger partial charge is 0.323 e. The number of aliphatic hydroxyl groups excluding tert-OH is 2. The summed E-state index contributed by atoms with van der Waals surface area (Å²) in [6.45, 7) is 0.831. The van der Waals surface area contributed by atoms with E-state index in [-0.39, 0.29) is 18.6 Å². The Morgan fingerprint density at radius 1 is 1.71 bits per heavy atom. The van der Waals surface area contributed by atoms with Crippen LogP contribution in [0.25, 0.3) is 0 Å². The summed E-state index contributed by atoms with van der Waals surface area (Å²) in [6, 6.07) is -0.249. The maximum absolute atomic E-state index is 11.3. The van der Waals surface area contributed by atoms with Crippen LogP contribution in [-0.2, 0) is 9.53 Å². The third-order valence-electron chi connectivity index (χ3n) is 2.49. The van der Waals surface area contributed by atoms with E-state index in [9.17, 15) is 9.90 Å². The average molecular weight is 203 g/mol. The highest BCUT2D eigenvalue weighted by Gasteiger charge is 2.32. The normalized spacial score (nSPS) is 24.9. The lowest BCUT2D eigenvalue weighted by Crippen LogP contribution is -2.42. The van der Waals surface area contributed by atoms with Gasteiger partial charge in [-0.2, -0.15) is 0 Å². The Balaban J connectivity index is 2.46. The first kappa shape index (κ1) is 11.4. The molecule has 0 aliphatic carbocycles. The molecule has 5 nitrogen and oxygen atoms in total. The number of aliphatic hydroxyl groups is 2. The van der Waals surface area contributed by atoms with Crippen molar-refractivity contribution in [1.29, 1.82) is 0 Å². The number of carbonyl (C=O) groups is 1. The summed E-state index contributed by atoms with van der Waals surface area (Å²) >= 11 is 0. The molecule has 2 atom stereocenters. The van der Waals surface area contributed by atoms with Crippen molar-refractivity contribution in [2.24, 2.45) is 0 Å². The monoisotopic (exact) mass is 203 g/mol. The maximum Gasteiger partial charge on any atom is 0.323 e. The van der Waals surface area contributed by atoms with Crippen LogP contribution in [0.5, 0.6) is 0 Å². The minimum atomic E-state index is -0.778. The highest BCUT2D eigenvalue weighted by molar-refractivity contribution is 5.75. The third kappa shape index (κ3) is 2.67. The highest BCUT2D eigenvalue weighted by Crippen LogP contribution is 2.18. The summed E-state index contributed by atoms with van der Waals surface area (Å²) < 4.78 is 4.65. The minimum absolute atomic E-state index is 0.249. The number of carbonyl (C=O) groups excluding carboxylic acids is 1. The molecule has 14 heavy (non-hydrogen) atoms. The number of methoxy groups -OCH3 is 1. The predicted octanol–water partition coefficient (Wildman–Crippen LogP) is -1.02. The second-order valence-corrected chi connectivity index (χ2v) is 3.51. The number of hydrogen-bond acceptors (Lipinski definition) is 5. The fourth-order valence-electron chi connectivity index (χ4n) is 1.78. The van der Waals surface area contributed by atoms with Crippen LogP contribution in [-0.4, -0.2) is 60.0 Å². The van der Waals surface area contributed by atoms with Crippen molar-refractivity contribution in [3.63, 3.8) is 0 Å². The molecule has 0 aromatic heterocycles. The van der Waals surface area contributed by atoms with Crippen molar-refractivity contribution in [1.82, 2.24) is 4.90 Å². The molecule has 0 aromatic rings. The van der Waals surface area contributed by atoms with Crippen molar-refractivity contribution in [2.75, 3.05) is 26.8 Å². The van der Waals surface area contributed by atoms with Crippen LogP contribution in [0, 0.1) is 0 Å². The minimum Gasteiger partial charge on any atom is -0.468 e. The molecule has 2 N–H and O–H groups in total. The summed E-state index contributed by atoms with van der Waals surface area (Å²) in [5.41, 5.74) is 0. The van der Waals surface area contributed by atoms with Crippen molar-refractivity contribution in [3.8, 4) is 0 Å². The van der Waals surface area contributed by atoms with Gasteiger partial charge in [0.25, 0.3) is 0 Å². The summed E-state index contributed by atoms with van der Waals surface area (Å²) in [5.74, 6) is -0.257. The molecule has 0 radical (unpaired) electrons. The van der Waals surface area contributed by atoms with Gasteiger partial charge in [0.05, 0.1) is 19.8 Å². The van der Waals surface area contributed by atoms with Crippen LogP contribution in [0.2, 0.25) is 0 Å². The molecule has 1 rings (SSSR count). The predicted molar refractivity (Wildman–Crippen MR) is 49.7 cm³/mol. The summed E-state index contributed by atoms with van der Waals surface area (Å²) in [5, 5.41) is 17.9. The summed E-state index contributed by atoms with van der Waals surface area (Å²) in [7, 11) is 1.36. The SMILES string of the molecule is COC(=O)C1CCCN1CC(O)CO. The molecule has 1 aliphatic heterocycles. The zero-order valence-electron chi connectivity index (χ0n) is 8.35. The molecule has 1 heterocycles. The van der Waals surface area contributed by atoms with Crippen molar-refractivity contribution in [3.05, 3.63) is 0 Å². The van der Waals surface area contributed by atoms with E-state index < -0.39 is 6.10 Å². The Hall–Kier alpha value is -0.650. The van der Waals surface area contributed by atoms with E-state index in [0.717, 1.165) is 19.4 Å². The molecule has 82 valence electrons. The number of β-amino-alcohol motifs (C(OH)–C–C–N with tert-alkyl or cyclic N) is 1. The fraction of sp³-hybridized carbons (Fsp3) is 0.889. The highest BCUT2D eigenvalue weighted by atomic mass is 16.5. The molecular formula is C9H17NO4. The number of ether oxygens (including phenoxy) is 1. The van der Waals surface area contributed by atoms with Gasteiger partial charge in [0.15, 0.2) is 0 Å². The van der Waals surface area contributed by atoms with E-state index in [1.165, 1.54) is 7.11 Å². The Morgan fingerprint density at radius 3 is 3.00 bits per heavy atom. The van der Waals surface area contributed by atoms with Gasteiger partial charge in [-0.1, -0.05) is 0 Å². The number of esters is 1. The first-order valence-electron chi connectivity index (χ1n) is 4.79. The van der Waals surface area contributed by atoms with Gasteiger partial charge in [0, 0.05) is 6.54 Å². The lowest BCUT2D eigenvalue weighted by atomic mass is 10.2. The molecule has 5 heteroatoms. The Morgan fingerprint density at radius 2 is 2.43 bits per heavy atom. The summed E-state index contributed by atoms with van der Waals surface area (Å²) in [4.78, 5) is 13.1.